The fraction of sp³-hybridized carbons (Fsp3) is 0.684. The molecule has 0 radical (unpaired) electrons. The van der Waals surface area contributed by atoms with Gasteiger partial charge in [0.25, 0.3) is 0 Å². The number of hydrogen-bond donors (Lipinski definition) is 0. The maximum atomic E-state index is 6.34. The molecule has 1 aromatic rings. The molecule has 21 heavy (non-hydrogen) atoms. The van der Waals surface area contributed by atoms with Crippen LogP contribution in [0.25, 0.3) is 0 Å². The van der Waals surface area contributed by atoms with Gasteiger partial charge in [0.1, 0.15) is 0 Å². The maximum Gasteiger partial charge on any atom is 0.0928 e. The summed E-state index contributed by atoms with van der Waals surface area (Å²) in [6.45, 7) is 3.46. The number of nitrogens with zero attached hydrogens (tertiary/aromatic N) is 1. The molecule has 1 saturated carbocycles. The van der Waals surface area contributed by atoms with Crippen molar-refractivity contribution in [3.8, 4) is 0 Å². The van der Waals surface area contributed by atoms with E-state index in [9.17, 15) is 0 Å². The Morgan fingerprint density at radius 1 is 0.810 bits per heavy atom. The zero-order chi connectivity index (χ0) is 14.2. The number of ether oxygens (including phenoxy) is 1. The lowest BCUT2D eigenvalue weighted by molar-refractivity contribution is -0.251. The van der Waals surface area contributed by atoms with Crippen molar-refractivity contribution >= 4 is 0 Å². The maximum absolute atomic E-state index is 6.34. The zero-order valence-corrected chi connectivity index (χ0v) is 13.0. The van der Waals surface area contributed by atoms with Crippen molar-refractivity contribution in [2.24, 2.45) is 0 Å². The van der Waals surface area contributed by atoms with E-state index in [2.05, 4.69) is 35.2 Å². The van der Waals surface area contributed by atoms with Gasteiger partial charge in [0.2, 0.25) is 0 Å². The van der Waals surface area contributed by atoms with Crippen LogP contribution in [0.5, 0.6) is 0 Å². The van der Waals surface area contributed by atoms with Gasteiger partial charge in [0.05, 0.1) is 17.7 Å². The van der Waals surface area contributed by atoms with E-state index in [0.29, 0.717) is 0 Å². The van der Waals surface area contributed by atoms with Gasteiger partial charge >= 0.3 is 0 Å². The van der Waals surface area contributed by atoms with Crippen molar-refractivity contribution in [3.63, 3.8) is 0 Å². The van der Waals surface area contributed by atoms with Gasteiger partial charge in [-0.15, -0.1) is 0 Å². The van der Waals surface area contributed by atoms with E-state index in [1.54, 1.807) is 0 Å². The fourth-order valence-corrected chi connectivity index (χ4v) is 5.12. The number of rotatable bonds is 2. The van der Waals surface area contributed by atoms with Crippen LogP contribution in [0.2, 0.25) is 0 Å². The van der Waals surface area contributed by atoms with Gasteiger partial charge < -0.3 is 4.74 Å². The Kier molecular flexibility index (Phi) is 3.55. The lowest BCUT2D eigenvalue weighted by atomic mass is 9.61. The Balaban J connectivity index is 1.80. The molecule has 4 rings (SSSR count). The lowest BCUT2D eigenvalue weighted by Gasteiger charge is -2.63. The first-order chi connectivity index (χ1) is 10.4. The number of likely N-dealkylation sites (tertiary alicyclic amines) is 1. The molecule has 2 nitrogen and oxygen atoms in total. The Bertz CT molecular complexity index is 476. The molecule has 1 spiro atoms. The van der Waals surface area contributed by atoms with Gasteiger partial charge in [-0.1, -0.05) is 49.6 Å². The summed E-state index contributed by atoms with van der Waals surface area (Å²) >= 11 is 0. The lowest BCUT2D eigenvalue weighted by Crippen LogP contribution is -2.69. The minimum Gasteiger partial charge on any atom is -0.372 e. The summed E-state index contributed by atoms with van der Waals surface area (Å²) in [6.07, 6.45) is 10.6. The first-order valence-corrected chi connectivity index (χ1v) is 8.82. The highest BCUT2D eigenvalue weighted by atomic mass is 16.5. The predicted octanol–water partition coefficient (Wildman–Crippen LogP) is 4.10. The van der Waals surface area contributed by atoms with Crippen LogP contribution in [0, 0.1) is 0 Å². The van der Waals surface area contributed by atoms with Crippen molar-refractivity contribution in [1.82, 2.24) is 4.90 Å². The molecule has 0 bridgehead atoms. The van der Waals surface area contributed by atoms with Crippen molar-refractivity contribution in [1.29, 1.82) is 0 Å². The average molecular weight is 285 g/mol. The van der Waals surface area contributed by atoms with Crippen molar-refractivity contribution in [2.75, 3.05) is 19.7 Å². The first kappa shape index (κ1) is 13.8. The summed E-state index contributed by atoms with van der Waals surface area (Å²) in [6, 6.07) is 11.3. The Hall–Kier alpha value is -0.860. The average Bonchev–Trinajstić information content (AvgIpc) is 2.55. The van der Waals surface area contributed by atoms with Gasteiger partial charge in [-0.25, -0.2) is 0 Å². The van der Waals surface area contributed by atoms with Crippen molar-refractivity contribution in [2.45, 2.75) is 62.5 Å². The predicted molar refractivity (Wildman–Crippen MR) is 85.3 cm³/mol. The fourth-order valence-electron chi connectivity index (χ4n) is 5.12. The second kappa shape index (κ2) is 5.40. The van der Waals surface area contributed by atoms with Gasteiger partial charge in [0, 0.05) is 6.42 Å². The summed E-state index contributed by atoms with van der Waals surface area (Å²) in [5.74, 6) is 0. The Morgan fingerprint density at radius 3 is 2.19 bits per heavy atom. The van der Waals surface area contributed by atoms with Gasteiger partial charge in [-0.2, -0.15) is 0 Å². The minimum atomic E-state index is 0.101. The molecule has 2 aliphatic heterocycles. The summed E-state index contributed by atoms with van der Waals surface area (Å²) < 4.78 is 6.34. The van der Waals surface area contributed by atoms with Crippen LogP contribution in [0.4, 0.5) is 0 Å². The van der Waals surface area contributed by atoms with E-state index in [4.69, 9.17) is 4.74 Å². The van der Waals surface area contributed by atoms with Crippen LogP contribution < -0.4 is 0 Å². The highest BCUT2D eigenvalue weighted by Crippen LogP contribution is 2.56. The standard InChI is InChI=1S/C19H27NO/c1-3-9-17(10-4-1)19(20-14-7-2-8-15-20)12-6-5-11-18(19)13-16-21-18/h1,3-4,9-10H,2,5-8,11-16H2/t18?,19-/m0/s1. The molecular formula is C19H27NO. The van der Waals surface area contributed by atoms with Crippen molar-refractivity contribution in [3.05, 3.63) is 35.9 Å². The molecule has 1 aromatic carbocycles. The number of piperidine rings is 1. The number of benzene rings is 1. The van der Waals surface area contributed by atoms with Crippen LogP contribution in [-0.2, 0) is 10.3 Å². The molecule has 2 heterocycles. The molecule has 3 fully saturated rings. The molecule has 2 saturated heterocycles. The summed E-state index contributed by atoms with van der Waals surface area (Å²) in [4.78, 5) is 2.80. The molecule has 0 aromatic heterocycles. The van der Waals surface area contributed by atoms with Gasteiger partial charge in [-0.05, 0) is 44.3 Å². The van der Waals surface area contributed by atoms with E-state index in [0.717, 1.165) is 6.61 Å². The molecular weight excluding hydrogens is 258 g/mol. The molecule has 1 unspecified atom stereocenters. The van der Waals surface area contributed by atoms with E-state index in [1.165, 1.54) is 70.0 Å². The first-order valence-electron chi connectivity index (χ1n) is 8.82. The second-order valence-corrected chi connectivity index (χ2v) is 7.07. The Morgan fingerprint density at radius 2 is 1.52 bits per heavy atom. The second-order valence-electron chi connectivity index (χ2n) is 7.07. The van der Waals surface area contributed by atoms with Gasteiger partial charge in [-0.3, -0.25) is 4.90 Å². The molecule has 2 heteroatoms. The van der Waals surface area contributed by atoms with E-state index >= 15 is 0 Å². The Labute approximate surface area is 128 Å². The molecule has 2 atom stereocenters. The van der Waals surface area contributed by atoms with Crippen LogP contribution in [-0.4, -0.2) is 30.2 Å². The largest absolute Gasteiger partial charge is 0.372 e. The third-order valence-electron chi connectivity index (χ3n) is 6.15. The van der Waals surface area contributed by atoms with E-state index < -0.39 is 0 Å². The van der Waals surface area contributed by atoms with E-state index in [-0.39, 0.29) is 11.1 Å². The zero-order valence-electron chi connectivity index (χ0n) is 13.0. The molecule has 3 aliphatic rings. The topological polar surface area (TPSA) is 12.5 Å². The molecule has 114 valence electrons. The monoisotopic (exact) mass is 285 g/mol. The van der Waals surface area contributed by atoms with Gasteiger partial charge in [0.15, 0.2) is 0 Å². The third-order valence-corrected chi connectivity index (χ3v) is 6.15. The highest BCUT2D eigenvalue weighted by Gasteiger charge is 2.60. The van der Waals surface area contributed by atoms with Crippen LogP contribution in [0.15, 0.2) is 30.3 Å². The van der Waals surface area contributed by atoms with Crippen LogP contribution in [0.3, 0.4) is 0 Å². The van der Waals surface area contributed by atoms with Crippen molar-refractivity contribution < 1.29 is 4.74 Å². The number of hydrogen-bond acceptors (Lipinski definition) is 2. The molecule has 0 N–H and O–H groups in total. The summed E-state index contributed by atoms with van der Waals surface area (Å²) in [5, 5.41) is 0. The highest BCUT2D eigenvalue weighted by molar-refractivity contribution is 5.32. The smallest absolute Gasteiger partial charge is 0.0928 e. The SMILES string of the molecule is c1ccc([C@@]2(N3CCCCC3)CCCCC23CCO3)cc1. The molecule has 0 amide bonds. The van der Waals surface area contributed by atoms with Crippen LogP contribution in [0.1, 0.15) is 56.9 Å². The normalized spacial score (nSPS) is 37.3. The third kappa shape index (κ3) is 1.99. The summed E-state index contributed by atoms with van der Waals surface area (Å²) in [5.41, 5.74) is 1.75. The van der Waals surface area contributed by atoms with E-state index in [1.807, 2.05) is 0 Å². The quantitative estimate of drug-likeness (QED) is 0.811. The molecule has 1 aliphatic carbocycles. The van der Waals surface area contributed by atoms with Crippen LogP contribution >= 0.6 is 0 Å². The minimum absolute atomic E-state index is 0.101. The summed E-state index contributed by atoms with van der Waals surface area (Å²) in [7, 11) is 0.